The van der Waals surface area contributed by atoms with E-state index in [0.29, 0.717) is 18.9 Å². The summed E-state index contributed by atoms with van der Waals surface area (Å²) in [6.45, 7) is 4.64. The van der Waals surface area contributed by atoms with Crippen LogP contribution < -0.4 is 4.90 Å². The Kier molecular flexibility index (Phi) is 3.88. The fourth-order valence-corrected chi connectivity index (χ4v) is 4.31. The Labute approximate surface area is 147 Å². The molecule has 2 aliphatic heterocycles. The van der Waals surface area contributed by atoms with Crippen molar-refractivity contribution in [1.29, 1.82) is 0 Å². The van der Waals surface area contributed by atoms with Gasteiger partial charge in [0.05, 0.1) is 18.3 Å². The molecule has 2 aliphatic rings. The predicted octanol–water partition coefficient (Wildman–Crippen LogP) is 4.40. The molecule has 0 aliphatic carbocycles. The molecule has 2 heterocycles. The number of fused-ring (bicyclic) bond motifs is 2. The summed E-state index contributed by atoms with van der Waals surface area (Å²) in [5.41, 5.74) is 1.88. The molecular weight excluding hydrogens is 317 g/mol. The van der Waals surface area contributed by atoms with Crippen LogP contribution in [0.15, 0.2) is 48.5 Å². The molecule has 0 N–H and O–H groups in total. The lowest BCUT2D eigenvalue weighted by atomic mass is 9.81. The molecule has 3 atom stereocenters. The Bertz CT molecular complexity index is 792. The maximum Gasteiger partial charge on any atom is 0.264 e. The number of ether oxygens (including phenoxy) is 1. The summed E-state index contributed by atoms with van der Waals surface area (Å²) >= 11 is 0. The van der Waals surface area contributed by atoms with Crippen molar-refractivity contribution in [1.82, 2.24) is 0 Å². The van der Waals surface area contributed by atoms with Gasteiger partial charge in [-0.2, -0.15) is 0 Å². The Morgan fingerprint density at radius 1 is 1.16 bits per heavy atom. The lowest BCUT2D eigenvalue weighted by Gasteiger charge is -2.39. The Morgan fingerprint density at radius 2 is 1.88 bits per heavy atom. The van der Waals surface area contributed by atoms with Crippen LogP contribution in [0.4, 0.5) is 10.1 Å². The lowest BCUT2D eigenvalue weighted by molar-refractivity contribution is -0.167. The third-order valence-electron chi connectivity index (χ3n) is 5.25. The van der Waals surface area contributed by atoms with Crippen LogP contribution >= 0.6 is 0 Å². The number of amides is 1. The Morgan fingerprint density at radius 3 is 2.60 bits per heavy atom. The fraction of sp³-hybridized carbons (Fsp3) is 0.381. The molecule has 3 unspecified atom stereocenters. The maximum atomic E-state index is 13.4. The van der Waals surface area contributed by atoms with Crippen molar-refractivity contribution in [3.8, 4) is 0 Å². The third kappa shape index (κ3) is 2.65. The fourth-order valence-electron chi connectivity index (χ4n) is 4.31. The van der Waals surface area contributed by atoms with Gasteiger partial charge in [-0.25, -0.2) is 4.39 Å². The number of rotatable bonds is 2. The summed E-state index contributed by atoms with van der Waals surface area (Å²) < 4.78 is 19.5. The van der Waals surface area contributed by atoms with Gasteiger partial charge >= 0.3 is 0 Å². The van der Waals surface area contributed by atoms with Gasteiger partial charge in [-0.15, -0.1) is 0 Å². The quantitative estimate of drug-likeness (QED) is 0.811. The van der Waals surface area contributed by atoms with E-state index in [4.69, 9.17) is 4.74 Å². The van der Waals surface area contributed by atoms with Gasteiger partial charge < -0.3 is 9.64 Å². The van der Waals surface area contributed by atoms with Crippen molar-refractivity contribution in [2.45, 2.75) is 44.9 Å². The van der Waals surface area contributed by atoms with Gasteiger partial charge in [0.1, 0.15) is 5.82 Å². The highest BCUT2D eigenvalue weighted by atomic mass is 19.1. The van der Waals surface area contributed by atoms with E-state index >= 15 is 0 Å². The SMILES string of the molecule is CC1CC(C)OC2(C1)C(=O)N(Cc1ccc(F)cc1)c1ccccc12. The van der Waals surface area contributed by atoms with E-state index in [2.05, 4.69) is 6.92 Å². The molecule has 1 amide bonds. The molecule has 1 fully saturated rings. The highest BCUT2D eigenvalue weighted by Gasteiger charge is 2.54. The van der Waals surface area contributed by atoms with Crippen molar-refractivity contribution >= 4 is 11.6 Å². The van der Waals surface area contributed by atoms with E-state index < -0.39 is 5.60 Å². The van der Waals surface area contributed by atoms with Crippen LogP contribution in [-0.2, 0) is 21.7 Å². The van der Waals surface area contributed by atoms with Crippen molar-refractivity contribution in [2.75, 3.05) is 4.90 Å². The first-order chi connectivity index (χ1) is 12.0. The monoisotopic (exact) mass is 339 g/mol. The number of carbonyl (C=O) groups excluding carboxylic acids is 1. The number of carbonyl (C=O) groups is 1. The molecule has 4 rings (SSSR count). The van der Waals surface area contributed by atoms with Crippen LogP contribution in [0, 0.1) is 11.7 Å². The normalized spacial score (nSPS) is 28.4. The lowest BCUT2D eigenvalue weighted by Crippen LogP contribution is -2.48. The number of nitrogens with zero attached hydrogens (tertiary/aromatic N) is 1. The summed E-state index contributed by atoms with van der Waals surface area (Å²) in [5.74, 6) is 0.148. The maximum absolute atomic E-state index is 13.4. The molecular formula is C21H22FNO2. The van der Waals surface area contributed by atoms with E-state index in [0.717, 1.165) is 23.2 Å². The van der Waals surface area contributed by atoms with Gasteiger partial charge in [-0.05, 0) is 49.4 Å². The standard InChI is InChI=1S/C21H22FNO2/c1-14-11-15(2)25-21(12-14)18-5-3-4-6-19(18)23(20(21)24)13-16-7-9-17(22)10-8-16/h3-10,14-15H,11-13H2,1-2H3. The summed E-state index contributed by atoms with van der Waals surface area (Å²) in [7, 11) is 0. The van der Waals surface area contributed by atoms with Gasteiger partial charge in [0.15, 0.2) is 5.60 Å². The zero-order valence-electron chi connectivity index (χ0n) is 14.5. The average molecular weight is 339 g/mol. The van der Waals surface area contributed by atoms with E-state index in [1.54, 1.807) is 17.0 Å². The molecule has 4 heteroatoms. The Balaban J connectivity index is 1.75. The van der Waals surface area contributed by atoms with Crippen LogP contribution in [0.5, 0.6) is 0 Å². The van der Waals surface area contributed by atoms with E-state index in [-0.39, 0.29) is 17.8 Å². The van der Waals surface area contributed by atoms with Crippen LogP contribution in [0.3, 0.4) is 0 Å². The first-order valence-electron chi connectivity index (χ1n) is 8.83. The molecule has 25 heavy (non-hydrogen) atoms. The van der Waals surface area contributed by atoms with Gasteiger partial charge in [0.25, 0.3) is 5.91 Å². The summed E-state index contributed by atoms with van der Waals surface area (Å²) in [4.78, 5) is 15.2. The highest BCUT2D eigenvalue weighted by Crippen LogP contribution is 2.50. The molecule has 130 valence electrons. The van der Waals surface area contributed by atoms with Crippen LogP contribution in [0.25, 0.3) is 0 Å². The van der Waals surface area contributed by atoms with Crippen LogP contribution in [0.1, 0.15) is 37.8 Å². The van der Waals surface area contributed by atoms with Gasteiger partial charge in [0.2, 0.25) is 0 Å². The molecule has 0 saturated carbocycles. The van der Waals surface area contributed by atoms with Gasteiger partial charge in [-0.3, -0.25) is 4.79 Å². The molecule has 0 radical (unpaired) electrons. The number of hydrogen-bond acceptors (Lipinski definition) is 2. The second kappa shape index (κ2) is 5.95. The number of halogens is 1. The minimum Gasteiger partial charge on any atom is -0.357 e. The molecule has 0 bridgehead atoms. The highest BCUT2D eigenvalue weighted by molar-refractivity contribution is 6.07. The number of hydrogen-bond donors (Lipinski definition) is 0. The van der Waals surface area contributed by atoms with Crippen molar-refractivity contribution < 1.29 is 13.9 Å². The van der Waals surface area contributed by atoms with Crippen molar-refractivity contribution in [3.63, 3.8) is 0 Å². The molecule has 2 aromatic rings. The van der Waals surface area contributed by atoms with Gasteiger partial charge in [0, 0.05) is 5.56 Å². The minimum atomic E-state index is -0.881. The summed E-state index contributed by atoms with van der Waals surface area (Å²) in [5, 5.41) is 0. The first kappa shape index (κ1) is 16.3. The topological polar surface area (TPSA) is 29.5 Å². The summed E-state index contributed by atoms with van der Waals surface area (Å²) in [6, 6.07) is 14.2. The first-order valence-corrected chi connectivity index (χ1v) is 8.83. The van der Waals surface area contributed by atoms with Crippen LogP contribution in [0.2, 0.25) is 0 Å². The molecule has 3 nitrogen and oxygen atoms in total. The van der Waals surface area contributed by atoms with Crippen molar-refractivity contribution in [3.05, 3.63) is 65.5 Å². The average Bonchev–Trinajstić information content (AvgIpc) is 2.79. The van der Waals surface area contributed by atoms with E-state index in [9.17, 15) is 9.18 Å². The second-order valence-electron chi connectivity index (χ2n) is 7.34. The zero-order chi connectivity index (χ0) is 17.6. The summed E-state index contributed by atoms with van der Waals surface area (Å²) in [6.07, 6.45) is 1.72. The zero-order valence-corrected chi connectivity index (χ0v) is 14.5. The number of benzene rings is 2. The second-order valence-corrected chi connectivity index (χ2v) is 7.34. The van der Waals surface area contributed by atoms with Crippen LogP contribution in [-0.4, -0.2) is 12.0 Å². The number of para-hydroxylation sites is 1. The predicted molar refractivity (Wildman–Crippen MR) is 94.7 cm³/mol. The third-order valence-corrected chi connectivity index (χ3v) is 5.25. The van der Waals surface area contributed by atoms with Gasteiger partial charge in [-0.1, -0.05) is 37.3 Å². The van der Waals surface area contributed by atoms with E-state index in [1.165, 1.54) is 12.1 Å². The molecule has 2 aromatic carbocycles. The molecule has 1 saturated heterocycles. The van der Waals surface area contributed by atoms with E-state index in [1.807, 2.05) is 31.2 Å². The molecule has 1 spiro atoms. The Hall–Kier alpha value is -2.20. The smallest absolute Gasteiger partial charge is 0.264 e. The van der Waals surface area contributed by atoms with Crippen molar-refractivity contribution in [2.24, 2.45) is 5.92 Å². The largest absolute Gasteiger partial charge is 0.357 e. The molecule has 0 aromatic heterocycles. The number of anilines is 1. The minimum absolute atomic E-state index is 0.00331.